The van der Waals surface area contributed by atoms with Crippen LogP contribution in [0.5, 0.6) is 0 Å². The number of rotatable bonds is 2. The van der Waals surface area contributed by atoms with Crippen molar-refractivity contribution in [2.45, 2.75) is 0 Å². The molecular weight excluding hydrogens is 208 g/mol. The zero-order valence-corrected chi connectivity index (χ0v) is 8.03. The molecule has 2 aromatic rings. The van der Waals surface area contributed by atoms with Gasteiger partial charge in [0.05, 0.1) is 24.2 Å². The highest BCUT2D eigenvalue weighted by Crippen LogP contribution is 2.03. The molecule has 0 aliphatic heterocycles. The normalized spacial score (nSPS) is 9.69. The maximum atomic E-state index is 10.8. The molecule has 0 saturated heterocycles. The van der Waals surface area contributed by atoms with Crippen LogP contribution in [0.3, 0.4) is 0 Å². The number of nitrogens with two attached hydrogens (primary N) is 1. The molecule has 0 spiro atoms. The number of nitrogens with zero attached hydrogens (tertiary/aromatic N) is 5. The first-order valence-electron chi connectivity index (χ1n) is 4.27. The quantitative estimate of drug-likeness (QED) is 0.733. The van der Waals surface area contributed by atoms with E-state index in [4.69, 9.17) is 11.0 Å². The van der Waals surface area contributed by atoms with Gasteiger partial charge >= 0.3 is 0 Å². The van der Waals surface area contributed by atoms with Crippen molar-refractivity contribution in [3.63, 3.8) is 0 Å². The average Bonchev–Trinajstić information content (AvgIpc) is 2.78. The summed E-state index contributed by atoms with van der Waals surface area (Å²) in [6.07, 6.45) is 5.48. The van der Waals surface area contributed by atoms with Crippen LogP contribution in [0.25, 0.3) is 5.82 Å². The molecule has 0 aliphatic carbocycles. The molecule has 2 heterocycles. The van der Waals surface area contributed by atoms with Crippen LogP contribution in [0.2, 0.25) is 0 Å². The van der Waals surface area contributed by atoms with Crippen LogP contribution >= 0.6 is 0 Å². The van der Waals surface area contributed by atoms with E-state index in [1.807, 2.05) is 6.07 Å². The van der Waals surface area contributed by atoms with E-state index in [0.717, 1.165) is 0 Å². The van der Waals surface area contributed by atoms with Crippen molar-refractivity contribution in [2.75, 3.05) is 0 Å². The molecule has 78 valence electrons. The van der Waals surface area contributed by atoms with Crippen molar-refractivity contribution >= 4 is 5.91 Å². The molecule has 0 fully saturated rings. The van der Waals surface area contributed by atoms with Crippen LogP contribution in [0.1, 0.15) is 16.1 Å². The summed E-state index contributed by atoms with van der Waals surface area (Å²) in [4.78, 5) is 18.6. The van der Waals surface area contributed by atoms with Gasteiger partial charge in [0.25, 0.3) is 5.91 Å². The molecule has 7 nitrogen and oxygen atoms in total. The minimum absolute atomic E-state index is 0.214. The van der Waals surface area contributed by atoms with Crippen molar-refractivity contribution in [3.8, 4) is 11.9 Å². The Morgan fingerprint density at radius 3 is 2.69 bits per heavy atom. The van der Waals surface area contributed by atoms with Gasteiger partial charge in [-0.25, -0.2) is 14.6 Å². The molecule has 1 amide bonds. The van der Waals surface area contributed by atoms with Gasteiger partial charge in [-0.3, -0.25) is 4.79 Å². The Balaban J connectivity index is 2.36. The fraction of sp³-hybridized carbons (Fsp3) is 0. The first-order valence-corrected chi connectivity index (χ1v) is 4.27. The van der Waals surface area contributed by atoms with E-state index < -0.39 is 5.91 Å². The van der Waals surface area contributed by atoms with Gasteiger partial charge < -0.3 is 5.73 Å². The largest absolute Gasteiger partial charge is 0.366 e. The van der Waals surface area contributed by atoms with Crippen LogP contribution in [-0.4, -0.2) is 25.7 Å². The van der Waals surface area contributed by atoms with Crippen LogP contribution in [0, 0.1) is 11.3 Å². The lowest BCUT2D eigenvalue weighted by Crippen LogP contribution is -2.09. The van der Waals surface area contributed by atoms with Crippen LogP contribution in [0.15, 0.2) is 24.8 Å². The summed E-state index contributed by atoms with van der Waals surface area (Å²) >= 11 is 0. The van der Waals surface area contributed by atoms with E-state index in [1.54, 1.807) is 0 Å². The first-order chi connectivity index (χ1) is 7.70. The van der Waals surface area contributed by atoms with Crippen LogP contribution in [0.4, 0.5) is 0 Å². The summed E-state index contributed by atoms with van der Waals surface area (Å²) in [6, 6.07) is 1.85. The van der Waals surface area contributed by atoms with Gasteiger partial charge in [-0.15, -0.1) is 0 Å². The van der Waals surface area contributed by atoms with Gasteiger partial charge in [-0.05, 0) is 0 Å². The Hall–Kier alpha value is -2.75. The summed E-state index contributed by atoms with van der Waals surface area (Å²) in [5.41, 5.74) is 5.58. The molecular formula is C9H6N6O. The standard InChI is InChI=1S/C9H6N6O/c10-1-7-3-13-8(4-12-7)15-5-6(2-14-15)9(11)16/h2-5H,(H2,11,16). The van der Waals surface area contributed by atoms with Gasteiger partial charge in [0.1, 0.15) is 6.07 Å². The molecule has 16 heavy (non-hydrogen) atoms. The van der Waals surface area contributed by atoms with Crippen molar-refractivity contribution in [1.82, 2.24) is 19.7 Å². The van der Waals surface area contributed by atoms with Gasteiger partial charge in [0.15, 0.2) is 11.5 Å². The fourth-order valence-electron chi connectivity index (χ4n) is 1.07. The number of carbonyl (C=O) groups excluding carboxylic acids is 1. The van der Waals surface area contributed by atoms with Crippen molar-refractivity contribution in [1.29, 1.82) is 5.26 Å². The lowest BCUT2D eigenvalue weighted by atomic mass is 10.3. The predicted octanol–water partition coefficient (Wildman–Crippen LogP) is -0.367. The Kier molecular flexibility index (Phi) is 2.31. The minimum Gasteiger partial charge on any atom is -0.366 e. The summed E-state index contributed by atoms with van der Waals surface area (Å²) in [5, 5.41) is 12.4. The molecule has 0 aromatic carbocycles. The minimum atomic E-state index is -0.562. The Morgan fingerprint density at radius 2 is 2.19 bits per heavy atom. The predicted molar refractivity (Wildman–Crippen MR) is 52.4 cm³/mol. The number of amides is 1. The molecule has 2 N–H and O–H groups in total. The number of carbonyl (C=O) groups is 1. The Bertz CT molecular complexity index is 564. The van der Waals surface area contributed by atoms with Gasteiger partial charge in [-0.1, -0.05) is 0 Å². The average molecular weight is 214 g/mol. The molecule has 0 saturated carbocycles. The second-order valence-electron chi connectivity index (χ2n) is 2.91. The molecule has 0 atom stereocenters. The third-order valence-corrected chi connectivity index (χ3v) is 1.85. The summed E-state index contributed by atoms with van der Waals surface area (Å²) < 4.78 is 1.36. The number of aromatic nitrogens is 4. The van der Waals surface area contributed by atoms with E-state index in [2.05, 4.69) is 15.1 Å². The molecule has 0 radical (unpaired) electrons. The van der Waals surface area contributed by atoms with E-state index in [0.29, 0.717) is 5.82 Å². The molecule has 0 bridgehead atoms. The summed E-state index contributed by atoms with van der Waals surface area (Å²) in [6.45, 7) is 0. The Morgan fingerprint density at radius 1 is 1.38 bits per heavy atom. The SMILES string of the molecule is N#Cc1cnc(-n2cc(C(N)=O)cn2)cn1. The lowest BCUT2D eigenvalue weighted by Gasteiger charge is -1.97. The number of nitriles is 1. The van der Waals surface area contributed by atoms with E-state index in [1.165, 1.54) is 29.5 Å². The molecule has 0 unspecified atom stereocenters. The smallest absolute Gasteiger partial charge is 0.251 e. The van der Waals surface area contributed by atoms with Crippen molar-refractivity contribution < 1.29 is 4.79 Å². The van der Waals surface area contributed by atoms with E-state index >= 15 is 0 Å². The zero-order chi connectivity index (χ0) is 11.5. The van der Waals surface area contributed by atoms with Crippen LogP contribution in [-0.2, 0) is 0 Å². The highest BCUT2D eigenvalue weighted by molar-refractivity contribution is 5.92. The molecule has 7 heteroatoms. The maximum Gasteiger partial charge on any atom is 0.251 e. The van der Waals surface area contributed by atoms with Crippen molar-refractivity contribution in [3.05, 3.63) is 36.0 Å². The highest BCUT2D eigenvalue weighted by atomic mass is 16.1. The topological polar surface area (TPSA) is 110 Å². The number of primary amides is 1. The third kappa shape index (κ3) is 1.72. The fourth-order valence-corrected chi connectivity index (χ4v) is 1.07. The lowest BCUT2D eigenvalue weighted by molar-refractivity contribution is 0.100. The first kappa shape index (κ1) is 9.79. The summed E-state index contributed by atoms with van der Waals surface area (Å²) in [5.74, 6) is -0.153. The van der Waals surface area contributed by atoms with Crippen LogP contribution < -0.4 is 5.73 Å². The number of hydrogen-bond donors (Lipinski definition) is 1. The maximum absolute atomic E-state index is 10.8. The van der Waals surface area contributed by atoms with Gasteiger partial charge in [0.2, 0.25) is 0 Å². The van der Waals surface area contributed by atoms with Crippen molar-refractivity contribution in [2.24, 2.45) is 5.73 Å². The van der Waals surface area contributed by atoms with E-state index in [-0.39, 0.29) is 11.3 Å². The Labute approximate surface area is 90.2 Å². The summed E-state index contributed by atoms with van der Waals surface area (Å²) in [7, 11) is 0. The monoisotopic (exact) mass is 214 g/mol. The van der Waals surface area contributed by atoms with Gasteiger partial charge in [0, 0.05) is 6.20 Å². The molecule has 0 aliphatic rings. The zero-order valence-electron chi connectivity index (χ0n) is 8.03. The number of hydrogen-bond acceptors (Lipinski definition) is 5. The molecule has 2 aromatic heterocycles. The second-order valence-corrected chi connectivity index (χ2v) is 2.91. The highest BCUT2D eigenvalue weighted by Gasteiger charge is 2.06. The second kappa shape index (κ2) is 3.78. The van der Waals surface area contributed by atoms with Gasteiger partial charge in [-0.2, -0.15) is 10.4 Å². The third-order valence-electron chi connectivity index (χ3n) is 1.85. The van der Waals surface area contributed by atoms with E-state index in [9.17, 15) is 4.79 Å². The molecule has 2 rings (SSSR count).